The van der Waals surface area contributed by atoms with Crippen molar-refractivity contribution in [3.63, 3.8) is 0 Å². The predicted octanol–water partition coefficient (Wildman–Crippen LogP) is 4.56. The van der Waals surface area contributed by atoms with Crippen LogP contribution in [0.25, 0.3) is 5.65 Å². The van der Waals surface area contributed by atoms with E-state index in [4.69, 9.17) is 34.8 Å². The lowest BCUT2D eigenvalue weighted by Crippen LogP contribution is -2.15. The number of hydrogen-bond acceptors (Lipinski definition) is 3. The van der Waals surface area contributed by atoms with Crippen LogP contribution in [0.15, 0.2) is 30.5 Å². The molecule has 0 aliphatic rings. The Morgan fingerprint density at radius 2 is 1.96 bits per heavy atom. The first-order chi connectivity index (χ1) is 10.9. The van der Waals surface area contributed by atoms with E-state index in [1.54, 1.807) is 19.2 Å². The number of hydrogen-bond donors (Lipinski definition) is 2. The molecular formula is C15H10Cl3N3O2. The molecule has 0 aliphatic carbocycles. The Morgan fingerprint density at radius 3 is 2.70 bits per heavy atom. The van der Waals surface area contributed by atoms with Crippen molar-refractivity contribution in [2.45, 2.75) is 6.92 Å². The average Bonchev–Trinajstić information content (AvgIpc) is 2.79. The van der Waals surface area contributed by atoms with Gasteiger partial charge < -0.3 is 10.4 Å². The van der Waals surface area contributed by atoms with E-state index in [0.717, 1.165) is 0 Å². The van der Waals surface area contributed by atoms with E-state index in [1.165, 1.54) is 22.6 Å². The van der Waals surface area contributed by atoms with Crippen molar-refractivity contribution in [2.75, 3.05) is 5.32 Å². The van der Waals surface area contributed by atoms with Crippen LogP contribution >= 0.6 is 34.8 Å². The van der Waals surface area contributed by atoms with Crippen LogP contribution in [0.4, 0.5) is 5.69 Å². The second kappa shape index (κ2) is 5.92. The zero-order chi connectivity index (χ0) is 16.7. The normalized spacial score (nSPS) is 11.0. The number of aromatic hydroxyl groups is 1. The first kappa shape index (κ1) is 15.9. The van der Waals surface area contributed by atoms with Gasteiger partial charge in [-0.3, -0.25) is 9.20 Å². The van der Waals surface area contributed by atoms with Crippen molar-refractivity contribution in [3.8, 4) is 5.75 Å². The highest BCUT2D eigenvalue weighted by Crippen LogP contribution is 2.28. The van der Waals surface area contributed by atoms with Gasteiger partial charge in [-0.05, 0) is 31.2 Å². The third-order valence-corrected chi connectivity index (χ3v) is 3.96. The van der Waals surface area contributed by atoms with Crippen LogP contribution in [0.3, 0.4) is 0 Å². The highest BCUT2D eigenvalue weighted by Gasteiger charge is 2.19. The molecule has 0 saturated heterocycles. The fraction of sp³-hybridized carbons (Fsp3) is 0.0667. The first-order valence-corrected chi connectivity index (χ1v) is 7.64. The quantitative estimate of drug-likeness (QED) is 0.650. The molecule has 0 radical (unpaired) electrons. The van der Waals surface area contributed by atoms with Gasteiger partial charge in [0, 0.05) is 11.2 Å². The molecule has 0 spiro atoms. The maximum Gasteiger partial charge on any atom is 0.274 e. The lowest BCUT2D eigenvalue weighted by molar-refractivity contribution is 0.102. The highest BCUT2D eigenvalue weighted by molar-refractivity contribution is 6.36. The molecule has 1 aromatic carbocycles. The van der Waals surface area contributed by atoms with Gasteiger partial charge in [0.2, 0.25) is 0 Å². The van der Waals surface area contributed by atoms with E-state index in [-0.39, 0.29) is 17.1 Å². The molecular weight excluding hydrogens is 361 g/mol. The highest BCUT2D eigenvalue weighted by atomic mass is 35.5. The van der Waals surface area contributed by atoms with Gasteiger partial charge in [-0.25, -0.2) is 4.98 Å². The number of halogens is 3. The lowest BCUT2D eigenvalue weighted by atomic mass is 10.2. The molecule has 0 unspecified atom stereocenters. The van der Waals surface area contributed by atoms with Crippen LogP contribution in [0.5, 0.6) is 5.75 Å². The minimum absolute atomic E-state index is 0.0923. The van der Waals surface area contributed by atoms with Crippen LogP contribution in [0.2, 0.25) is 15.1 Å². The Hall–Kier alpha value is -1.95. The van der Waals surface area contributed by atoms with Crippen LogP contribution in [0, 0.1) is 6.92 Å². The van der Waals surface area contributed by atoms with E-state index in [0.29, 0.717) is 26.4 Å². The van der Waals surface area contributed by atoms with Gasteiger partial charge in [0.25, 0.3) is 5.91 Å². The second-order valence-electron chi connectivity index (χ2n) is 4.86. The Kier molecular flexibility index (Phi) is 4.10. The number of nitrogens with zero attached hydrogens (tertiary/aromatic N) is 2. The number of anilines is 1. The topological polar surface area (TPSA) is 66.6 Å². The van der Waals surface area contributed by atoms with Gasteiger partial charge in [-0.1, -0.05) is 34.8 Å². The molecule has 0 bridgehead atoms. The van der Waals surface area contributed by atoms with E-state index in [1.807, 2.05) is 0 Å². The average molecular weight is 371 g/mol. The molecule has 118 valence electrons. The number of phenolic OH excluding ortho intramolecular Hbond substituents is 1. The fourth-order valence-corrected chi connectivity index (χ4v) is 2.94. The van der Waals surface area contributed by atoms with Gasteiger partial charge in [0.1, 0.15) is 11.4 Å². The molecule has 0 atom stereocenters. The molecule has 8 heteroatoms. The van der Waals surface area contributed by atoms with Crippen molar-refractivity contribution in [2.24, 2.45) is 0 Å². The summed E-state index contributed by atoms with van der Waals surface area (Å²) in [6, 6.07) is 5.92. The zero-order valence-corrected chi connectivity index (χ0v) is 14.0. The van der Waals surface area contributed by atoms with Crippen LogP contribution in [0.1, 0.15) is 16.2 Å². The SMILES string of the molecule is Cc1nc2c(Cl)cc(Cl)cn2c1C(=O)Nc1cc(Cl)ccc1O. The summed E-state index contributed by atoms with van der Waals surface area (Å²) >= 11 is 18.0. The summed E-state index contributed by atoms with van der Waals surface area (Å²) in [5.41, 5.74) is 1.37. The smallest absolute Gasteiger partial charge is 0.274 e. The van der Waals surface area contributed by atoms with Crippen molar-refractivity contribution in [3.05, 3.63) is 56.9 Å². The molecule has 1 amide bonds. The fourth-order valence-electron chi connectivity index (χ4n) is 2.25. The number of imidazole rings is 1. The summed E-state index contributed by atoms with van der Waals surface area (Å²) in [7, 11) is 0. The number of phenols is 1. The number of pyridine rings is 1. The standard InChI is InChI=1S/C15H10Cl3N3O2/c1-7-13(21-6-9(17)4-10(18)14(21)19-7)15(23)20-11-5-8(16)2-3-12(11)22/h2-6,22H,1H3,(H,20,23). The molecule has 0 fully saturated rings. The van der Waals surface area contributed by atoms with Crippen molar-refractivity contribution >= 4 is 52.0 Å². The molecule has 3 rings (SSSR count). The molecule has 0 saturated carbocycles. The lowest BCUT2D eigenvalue weighted by Gasteiger charge is -2.08. The number of amides is 1. The zero-order valence-electron chi connectivity index (χ0n) is 11.8. The molecule has 2 N–H and O–H groups in total. The number of carbonyl (C=O) groups is 1. The summed E-state index contributed by atoms with van der Waals surface area (Å²) in [4.78, 5) is 16.9. The molecule has 23 heavy (non-hydrogen) atoms. The van der Waals surface area contributed by atoms with E-state index in [9.17, 15) is 9.90 Å². The van der Waals surface area contributed by atoms with Gasteiger partial charge in [0.05, 0.1) is 21.4 Å². The second-order valence-corrected chi connectivity index (χ2v) is 6.14. The largest absolute Gasteiger partial charge is 0.506 e. The maximum absolute atomic E-state index is 12.6. The molecule has 2 aromatic heterocycles. The van der Waals surface area contributed by atoms with Gasteiger partial charge in [-0.2, -0.15) is 0 Å². The predicted molar refractivity (Wildman–Crippen MR) is 91.0 cm³/mol. The summed E-state index contributed by atoms with van der Waals surface area (Å²) in [6.07, 6.45) is 1.55. The number of rotatable bonds is 2. The summed E-state index contributed by atoms with van der Waals surface area (Å²) < 4.78 is 1.51. The summed E-state index contributed by atoms with van der Waals surface area (Å²) in [5, 5.41) is 13.5. The first-order valence-electron chi connectivity index (χ1n) is 6.50. The van der Waals surface area contributed by atoms with Gasteiger partial charge in [-0.15, -0.1) is 0 Å². The van der Waals surface area contributed by atoms with Gasteiger partial charge >= 0.3 is 0 Å². The monoisotopic (exact) mass is 369 g/mol. The Balaban J connectivity index is 2.08. The van der Waals surface area contributed by atoms with E-state index >= 15 is 0 Å². The third kappa shape index (κ3) is 2.95. The number of fused-ring (bicyclic) bond motifs is 1. The van der Waals surface area contributed by atoms with Crippen molar-refractivity contribution in [1.82, 2.24) is 9.38 Å². The molecule has 5 nitrogen and oxygen atoms in total. The number of carbonyl (C=O) groups excluding carboxylic acids is 1. The Morgan fingerprint density at radius 1 is 1.22 bits per heavy atom. The summed E-state index contributed by atoms with van der Waals surface area (Å²) in [6.45, 7) is 1.68. The van der Waals surface area contributed by atoms with Crippen LogP contribution < -0.4 is 5.32 Å². The van der Waals surface area contributed by atoms with E-state index in [2.05, 4.69) is 10.3 Å². The Bertz CT molecular complexity index is 937. The molecule has 0 aliphatic heterocycles. The Labute approximate surface area is 146 Å². The third-order valence-electron chi connectivity index (χ3n) is 3.24. The van der Waals surface area contributed by atoms with E-state index < -0.39 is 5.91 Å². The van der Waals surface area contributed by atoms with Crippen molar-refractivity contribution in [1.29, 1.82) is 0 Å². The number of benzene rings is 1. The molecule has 2 heterocycles. The van der Waals surface area contributed by atoms with Gasteiger partial charge in [0.15, 0.2) is 5.65 Å². The number of aromatic nitrogens is 2. The minimum atomic E-state index is -0.467. The summed E-state index contributed by atoms with van der Waals surface area (Å²) in [5.74, 6) is -0.559. The number of aryl methyl sites for hydroxylation is 1. The van der Waals surface area contributed by atoms with Crippen molar-refractivity contribution < 1.29 is 9.90 Å². The molecule has 3 aromatic rings. The van der Waals surface area contributed by atoms with Crippen LogP contribution in [-0.2, 0) is 0 Å². The maximum atomic E-state index is 12.6. The van der Waals surface area contributed by atoms with Crippen LogP contribution in [-0.4, -0.2) is 20.4 Å². The minimum Gasteiger partial charge on any atom is -0.506 e. The number of nitrogens with one attached hydrogen (secondary N) is 1.